The average Bonchev–Trinajstić information content (AvgIpc) is 3.39. The second-order valence-electron chi connectivity index (χ2n) is 6.26. The third-order valence-electron chi connectivity index (χ3n) is 4.29. The predicted octanol–water partition coefficient (Wildman–Crippen LogP) is 5.72. The Balaban J connectivity index is 1.23. The zero-order valence-corrected chi connectivity index (χ0v) is 17.9. The van der Waals surface area contributed by atoms with Crippen LogP contribution in [0.15, 0.2) is 81.2 Å². The van der Waals surface area contributed by atoms with E-state index in [4.69, 9.17) is 0 Å². The molecule has 0 amide bonds. The van der Waals surface area contributed by atoms with E-state index >= 15 is 0 Å². The summed E-state index contributed by atoms with van der Waals surface area (Å²) in [7, 11) is 0. The number of halogens is 1. The fourth-order valence-electron chi connectivity index (χ4n) is 2.85. The van der Waals surface area contributed by atoms with Crippen LogP contribution in [0.1, 0.15) is 17.5 Å². The lowest BCUT2D eigenvalue weighted by Crippen LogP contribution is -2.18. The maximum atomic E-state index is 4.58. The van der Waals surface area contributed by atoms with E-state index in [1.54, 1.807) is 11.3 Å². The molecule has 0 atom stereocenters. The van der Waals surface area contributed by atoms with E-state index in [-0.39, 0.29) is 21.3 Å². The van der Waals surface area contributed by atoms with Crippen LogP contribution in [0, 0.1) is 0 Å². The second-order valence-corrected chi connectivity index (χ2v) is 9.36. The molecule has 0 saturated heterocycles. The van der Waals surface area contributed by atoms with Gasteiger partial charge < -0.3 is 8.43 Å². The van der Waals surface area contributed by atoms with Gasteiger partial charge in [0.2, 0.25) is 0 Å². The van der Waals surface area contributed by atoms with Gasteiger partial charge in [-0.3, -0.25) is 4.98 Å². The Morgan fingerprint density at radius 3 is 2.70 bits per heavy atom. The van der Waals surface area contributed by atoms with Crippen LogP contribution >= 0.6 is 32.6 Å². The molecule has 3 aromatic rings. The van der Waals surface area contributed by atoms with E-state index in [0.29, 0.717) is 0 Å². The van der Waals surface area contributed by atoms with Crippen LogP contribution in [0.25, 0.3) is 10.6 Å². The van der Waals surface area contributed by atoms with Crippen LogP contribution in [0.2, 0.25) is 0 Å². The summed E-state index contributed by atoms with van der Waals surface area (Å²) in [4.78, 5) is 5.79. The Bertz CT molecular complexity index is 905. The van der Waals surface area contributed by atoms with E-state index in [0.717, 1.165) is 31.7 Å². The summed E-state index contributed by atoms with van der Waals surface area (Å²) in [5.74, 6) is 0. The monoisotopic (exact) mass is 488 g/mol. The van der Waals surface area contributed by atoms with Crippen molar-refractivity contribution in [2.75, 3.05) is 6.54 Å². The third kappa shape index (κ3) is 5.09. The van der Waals surface area contributed by atoms with Gasteiger partial charge in [-0.2, -0.15) is 0 Å². The molecule has 1 N–H and O–H groups in total. The fourth-order valence-corrected chi connectivity index (χ4v) is 5.49. The maximum absolute atomic E-state index is 4.58. The first-order chi connectivity index (χ1) is 13.4. The van der Waals surface area contributed by atoms with Gasteiger partial charge in [0.05, 0.1) is 23.3 Å². The summed E-state index contributed by atoms with van der Waals surface area (Å²) >= 11 is 1.47. The molecular weight excluding hydrogens is 467 g/mol. The maximum Gasteiger partial charge on any atom is 0.120 e. The third-order valence-corrected chi connectivity index (χ3v) is 7.20. The highest BCUT2D eigenvalue weighted by Crippen LogP contribution is 2.29. The molecule has 0 fully saturated rings. The van der Waals surface area contributed by atoms with Crippen LogP contribution in [-0.2, 0) is 13.1 Å². The number of rotatable bonds is 8. The Labute approximate surface area is 174 Å². The second kappa shape index (κ2) is 9.34. The first-order valence-electron chi connectivity index (χ1n) is 8.93. The fraction of sp³-hybridized carbons (Fsp3) is 0.190. The average molecular weight is 488 g/mol. The molecule has 1 aliphatic rings. The van der Waals surface area contributed by atoms with Crippen molar-refractivity contribution in [3.63, 3.8) is 0 Å². The summed E-state index contributed by atoms with van der Waals surface area (Å²) in [6.45, 7) is 2.76. The van der Waals surface area contributed by atoms with Crippen LogP contribution in [0.5, 0.6) is 0 Å². The normalized spacial score (nSPS) is 13.5. The smallest absolute Gasteiger partial charge is 0.120 e. The highest BCUT2D eigenvalue weighted by molar-refractivity contribution is 14.1. The number of pyridine rings is 1. The van der Waals surface area contributed by atoms with Crippen LogP contribution in [0.3, 0.4) is 0 Å². The van der Waals surface area contributed by atoms with E-state index < -0.39 is 0 Å². The zero-order chi connectivity index (χ0) is 18.3. The van der Waals surface area contributed by atoms with Gasteiger partial charge in [-0.25, -0.2) is 3.15 Å². The summed E-state index contributed by atoms with van der Waals surface area (Å²) in [6.07, 6.45) is 5.05. The molecule has 1 aliphatic heterocycles. The van der Waals surface area contributed by atoms with Gasteiger partial charge in [-0.1, -0.05) is 42.5 Å². The van der Waals surface area contributed by atoms with Gasteiger partial charge in [0.15, 0.2) is 0 Å². The molecule has 0 unspecified atom stereocenters. The van der Waals surface area contributed by atoms with Crippen molar-refractivity contribution in [3.8, 4) is 10.6 Å². The molecule has 3 heterocycles. The molecular formula is C21H21IN4S. The predicted molar refractivity (Wildman–Crippen MR) is 120 cm³/mol. The van der Waals surface area contributed by atoms with E-state index in [1.165, 1.54) is 21.7 Å². The van der Waals surface area contributed by atoms with Crippen molar-refractivity contribution in [1.82, 2.24) is 13.4 Å². The lowest BCUT2D eigenvalue weighted by molar-refractivity contribution is 0.560. The minimum atomic E-state index is -0.250. The van der Waals surface area contributed by atoms with Crippen molar-refractivity contribution >= 4 is 32.6 Å². The molecule has 0 radical (unpaired) electrons. The number of nitrogens with one attached hydrogen (secondary N) is 1. The van der Waals surface area contributed by atoms with Crippen molar-refractivity contribution < 1.29 is 0 Å². The quantitative estimate of drug-likeness (QED) is 0.251. The van der Waals surface area contributed by atoms with Crippen molar-refractivity contribution in [2.45, 2.75) is 19.5 Å². The van der Waals surface area contributed by atoms with Crippen molar-refractivity contribution in [3.05, 3.63) is 89.2 Å². The molecule has 138 valence electrons. The summed E-state index contributed by atoms with van der Waals surface area (Å²) in [5.41, 5.74) is 4.97. The number of hydrogen-bond donors (Lipinski definition) is 1. The topological polar surface area (TPSA) is 40.5 Å². The minimum Gasteiger partial charge on any atom is -0.312 e. The summed E-state index contributed by atoms with van der Waals surface area (Å²) in [5, 5.41) is 5.62. The molecule has 1 aromatic carbocycles. The number of aromatic nitrogens is 1. The van der Waals surface area contributed by atoms with Crippen LogP contribution < -0.4 is 5.32 Å². The summed E-state index contributed by atoms with van der Waals surface area (Å²) < 4.78 is 7.00. The van der Waals surface area contributed by atoms with Gasteiger partial charge in [0.1, 0.15) is 21.3 Å². The number of nitrogens with zero attached hydrogens (tertiary/aromatic N) is 3. The Kier molecular flexibility index (Phi) is 6.39. The van der Waals surface area contributed by atoms with Gasteiger partial charge >= 0.3 is 0 Å². The molecule has 0 bridgehead atoms. The number of thiophene rings is 1. The highest BCUT2D eigenvalue weighted by Gasteiger charge is 2.13. The van der Waals surface area contributed by atoms with Crippen LogP contribution in [-0.4, -0.2) is 14.6 Å². The number of hydrogen-bond acceptors (Lipinski definition) is 5. The largest absolute Gasteiger partial charge is 0.312 e. The Morgan fingerprint density at radius 2 is 1.93 bits per heavy atom. The molecule has 27 heavy (non-hydrogen) atoms. The molecule has 0 spiro atoms. The van der Waals surface area contributed by atoms with Gasteiger partial charge in [-0.15, -0.1) is 11.3 Å². The SMILES string of the molecule is C1=C(CCNCc2ccc(-c3cccs3)nc2)N(Cc2ccccc2)I=N1. The molecule has 0 saturated carbocycles. The van der Waals surface area contributed by atoms with Gasteiger partial charge in [0.25, 0.3) is 0 Å². The Hall–Kier alpha value is -1.90. The zero-order valence-electron chi connectivity index (χ0n) is 14.9. The van der Waals surface area contributed by atoms with E-state index in [1.807, 2.05) is 6.20 Å². The molecule has 0 aliphatic carbocycles. The summed E-state index contributed by atoms with van der Waals surface area (Å²) in [6, 6.07) is 19.1. The van der Waals surface area contributed by atoms with Crippen LogP contribution in [0.4, 0.5) is 0 Å². The van der Waals surface area contributed by atoms with Gasteiger partial charge in [0, 0.05) is 31.4 Å². The standard InChI is InChI=1S/C21H21IN4S/c1-2-5-17(6-3-1)16-26-19(15-25-22-26)10-11-23-13-18-8-9-20(24-14-18)21-7-4-12-27-21/h1-9,12,14-15,23H,10-11,13,16H2. The first kappa shape index (κ1) is 18.5. The Morgan fingerprint density at radius 1 is 1.00 bits per heavy atom. The number of benzene rings is 1. The van der Waals surface area contributed by atoms with Crippen molar-refractivity contribution in [1.29, 1.82) is 0 Å². The van der Waals surface area contributed by atoms with E-state index in [2.05, 4.69) is 82.7 Å². The lowest BCUT2D eigenvalue weighted by atomic mass is 10.2. The van der Waals surface area contributed by atoms with Crippen molar-refractivity contribution in [2.24, 2.45) is 3.15 Å². The van der Waals surface area contributed by atoms with Gasteiger partial charge in [-0.05, 0) is 28.6 Å². The highest BCUT2D eigenvalue weighted by atomic mass is 127. The lowest BCUT2D eigenvalue weighted by Gasteiger charge is -2.18. The molecule has 2 aromatic heterocycles. The minimum absolute atomic E-state index is 0.250. The first-order valence-corrected chi connectivity index (χ1v) is 11.7. The molecule has 6 heteroatoms. The molecule has 4 rings (SSSR count). The van der Waals surface area contributed by atoms with E-state index in [9.17, 15) is 0 Å². The molecule has 4 nitrogen and oxygen atoms in total.